The van der Waals surface area contributed by atoms with Gasteiger partial charge in [0, 0.05) is 13.1 Å². The number of nitrogens with zero attached hydrogens (tertiary/aromatic N) is 1. The molecule has 0 atom stereocenters. The van der Waals surface area contributed by atoms with Crippen LogP contribution < -0.4 is 5.32 Å². The van der Waals surface area contributed by atoms with E-state index in [4.69, 9.17) is 0 Å². The van der Waals surface area contributed by atoms with Crippen LogP contribution in [0.15, 0.2) is 18.2 Å². The number of nitrogens with one attached hydrogen (secondary N) is 1. The molecule has 1 aromatic carbocycles. The number of hydrogen-bond acceptors (Lipinski definition) is 2. The Balaban J connectivity index is 0.00000192. The number of likely N-dealkylation sites (tertiary alicyclic amines) is 1. The van der Waals surface area contributed by atoms with Crippen LogP contribution in [0.1, 0.15) is 42.4 Å². The lowest BCUT2D eigenvalue weighted by atomic mass is 9.71. The third kappa shape index (κ3) is 4.27. The summed E-state index contributed by atoms with van der Waals surface area (Å²) in [6.07, 6.45) is 5.50. The van der Waals surface area contributed by atoms with Gasteiger partial charge < -0.3 is 10.2 Å². The number of piperidine rings is 2. The van der Waals surface area contributed by atoms with Gasteiger partial charge in [-0.3, -0.25) is 4.79 Å². The summed E-state index contributed by atoms with van der Waals surface area (Å²) in [5, 5.41) is 3.45. The molecule has 3 nitrogen and oxygen atoms in total. The molecule has 1 aromatic rings. The molecule has 2 aliphatic heterocycles. The Morgan fingerprint density at radius 1 is 1.13 bits per heavy atom. The minimum Gasteiger partial charge on any atom is -0.342 e. The van der Waals surface area contributed by atoms with Crippen molar-refractivity contribution in [1.29, 1.82) is 0 Å². The summed E-state index contributed by atoms with van der Waals surface area (Å²) in [7, 11) is 0. The number of benzene rings is 1. The highest BCUT2D eigenvalue weighted by Crippen LogP contribution is 2.39. The van der Waals surface area contributed by atoms with Crippen LogP contribution in [0.4, 0.5) is 0 Å². The molecule has 2 heterocycles. The minimum atomic E-state index is 0. The highest BCUT2D eigenvalue weighted by Gasteiger charge is 2.36. The van der Waals surface area contributed by atoms with Crippen molar-refractivity contribution in [2.75, 3.05) is 26.2 Å². The lowest BCUT2D eigenvalue weighted by molar-refractivity contribution is -0.133. The summed E-state index contributed by atoms with van der Waals surface area (Å²) in [6, 6.07) is 6.40. The average molecular weight is 337 g/mol. The Hall–Kier alpha value is -1.06. The Kier molecular flexibility index (Phi) is 6.10. The molecule has 0 unspecified atom stereocenters. The zero-order chi connectivity index (χ0) is 15.6. The molecule has 0 aliphatic carbocycles. The molecule has 3 rings (SSSR count). The van der Waals surface area contributed by atoms with Gasteiger partial charge in [-0.25, -0.2) is 0 Å². The van der Waals surface area contributed by atoms with Gasteiger partial charge in [0.15, 0.2) is 0 Å². The monoisotopic (exact) mass is 336 g/mol. The fourth-order valence-electron chi connectivity index (χ4n) is 3.95. The molecule has 4 heteroatoms. The molecule has 0 radical (unpaired) electrons. The van der Waals surface area contributed by atoms with E-state index < -0.39 is 0 Å². The van der Waals surface area contributed by atoms with Crippen LogP contribution in [0.3, 0.4) is 0 Å². The second-order valence-corrected chi connectivity index (χ2v) is 7.24. The van der Waals surface area contributed by atoms with Gasteiger partial charge in [-0.15, -0.1) is 12.4 Å². The van der Waals surface area contributed by atoms with E-state index in [0.717, 1.165) is 26.2 Å². The van der Waals surface area contributed by atoms with E-state index in [2.05, 4.69) is 42.3 Å². The normalized spacial score (nSPS) is 20.2. The standard InChI is InChI=1S/C19H28N2O.ClH/c1-15-3-4-16(2)17(13-15)14-18(22)21-11-7-19(8-12-21)5-9-20-10-6-19;/h3-4,13,20H,5-12,14H2,1-2H3;1H. The summed E-state index contributed by atoms with van der Waals surface area (Å²) in [4.78, 5) is 14.7. The van der Waals surface area contributed by atoms with Gasteiger partial charge >= 0.3 is 0 Å². The van der Waals surface area contributed by atoms with Crippen molar-refractivity contribution in [3.05, 3.63) is 34.9 Å². The first-order valence-electron chi connectivity index (χ1n) is 8.63. The number of rotatable bonds is 2. The van der Waals surface area contributed by atoms with Crippen LogP contribution in [-0.4, -0.2) is 37.0 Å². The highest BCUT2D eigenvalue weighted by molar-refractivity contribution is 5.85. The van der Waals surface area contributed by atoms with E-state index in [-0.39, 0.29) is 12.4 Å². The van der Waals surface area contributed by atoms with Crippen LogP contribution in [0.2, 0.25) is 0 Å². The van der Waals surface area contributed by atoms with Crippen molar-refractivity contribution < 1.29 is 4.79 Å². The van der Waals surface area contributed by atoms with Crippen LogP contribution in [-0.2, 0) is 11.2 Å². The van der Waals surface area contributed by atoms with E-state index in [1.165, 1.54) is 42.4 Å². The maximum Gasteiger partial charge on any atom is 0.227 e. The van der Waals surface area contributed by atoms with Crippen molar-refractivity contribution >= 4 is 18.3 Å². The van der Waals surface area contributed by atoms with E-state index in [1.54, 1.807) is 0 Å². The molecule has 0 saturated carbocycles. The minimum absolute atomic E-state index is 0. The largest absolute Gasteiger partial charge is 0.342 e. The maximum absolute atomic E-state index is 12.6. The van der Waals surface area contributed by atoms with Gasteiger partial charge in [0.1, 0.15) is 0 Å². The summed E-state index contributed by atoms with van der Waals surface area (Å²) >= 11 is 0. The van der Waals surface area contributed by atoms with Gasteiger partial charge in [-0.1, -0.05) is 23.8 Å². The van der Waals surface area contributed by atoms with Crippen LogP contribution >= 0.6 is 12.4 Å². The fourth-order valence-corrected chi connectivity index (χ4v) is 3.95. The molecule has 2 saturated heterocycles. The number of amides is 1. The van der Waals surface area contributed by atoms with Gasteiger partial charge in [0.05, 0.1) is 6.42 Å². The number of carbonyl (C=O) groups excluding carboxylic acids is 1. The van der Waals surface area contributed by atoms with Crippen LogP contribution in [0, 0.1) is 19.3 Å². The molecule has 1 spiro atoms. The molecule has 1 amide bonds. The van der Waals surface area contributed by atoms with E-state index in [1.807, 2.05) is 0 Å². The molecule has 1 N–H and O–H groups in total. The van der Waals surface area contributed by atoms with Crippen LogP contribution in [0.5, 0.6) is 0 Å². The van der Waals surface area contributed by atoms with E-state index in [0.29, 0.717) is 17.7 Å². The topological polar surface area (TPSA) is 32.3 Å². The molecular weight excluding hydrogens is 308 g/mol. The fraction of sp³-hybridized carbons (Fsp3) is 0.632. The van der Waals surface area contributed by atoms with Crippen molar-refractivity contribution in [3.8, 4) is 0 Å². The van der Waals surface area contributed by atoms with Crippen LogP contribution in [0.25, 0.3) is 0 Å². The number of aryl methyl sites for hydroxylation is 2. The zero-order valence-corrected chi connectivity index (χ0v) is 15.2. The average Bonchev–Trinajstić information content (AvgIpc) is 2.52. The molecule has 23 heavy (non-hydrogen) atoms. The number of halogens is 1. The van der Waals surface area contributed by atoms with E-state index in [9.17, 15) is 4.79 Å². The summed E-state index contributed by atoms with van der Waals surface area (Å²) in [5.74, 6) is 0.303. The van der Waals surface area contributed by atoms with Crippen molar-refractivity contribution in [2.45, 2.75) is 46.0 Å². The molecule has 128 valence electrons. The van der Waals surface area contributed by atoms with Crippen molar-refractivity contribution in [3.63, 3.8) is 0 Å². The third-order valence-electron chi connectivity index (χ3n) is 5.69. The Morgan fingerprint density at radius 3 is 2.43 bits per heavy atom. The summed E-state index contributed by atoms with van der Waals surface area (Å²) in [6.45, 7) is 8.39. The lowest BCUT2D eigenvalue weighted by Gasteiger charge is -2.44. The molecule has 2 fully saturated rings. The smallest absolute Gasteiger partial charge is 0.227 e. The molecular formula is C19H29ClN2O. The van der Waals surface area contributed by atoms with E-state index >= 15 is 0 Å². The Morgan fingerprint density at radius 2 is 1.78 bits per heavy atom. The van der Waals surface area contributed by atoms with Crippen molar-refractivity contribution in [1.82, 2.24) is 10.2 Å². The summed E-state index contributed by atoms with van der Waals surface area (Å²) in [5.41, 5.74) is 4.17. The second-order valence-electron chi connectivity index (χ2n) is 7.24. The third-order valence-corrected chi connectivity index (χ3v) is 5.69. The van der Waals surface area contributed by atoms with Gasteiger partial charge in [-0.05, 0) is 69.2 Å². The molecule has 2 aliphatic rings. The molecule has 0 aromatic heterocycles. The predicted octanol–water partition coefficient (Wildman–Crippen LogP) is 3.26. The van der Waals surface area contributed by atoms with Gasteiger partial charge in [0.25, 0.3) is 0 Å². The van der Waals surface area contributed by atoms with Gasteiger partial charge in [-0.2, -0.15) is 0 Å². The van der Waals surface area contributed by atoms with Gasteiger partial charge in [0.2, 0.25) is 5.91 Å². The number of hydrogen-bond donors (Lipinski definition) is 1. The quantitative estimate of drug-likeness (QED) is 0.899. The maximum atomic E-state index is 12.6. The first-order valence-corrected chi connectivity index (χ1v) is 8.63. The first kappa shape index (κ1) is 18.3. The highest BCUT2D eigenvalue weighted by atomic mass is 35.5. The lowest BCUT2D eigenvalue weighted by Crippen LogP contribution is -2.47. The number of carbonyl (C=O) groups is 1. The van der Waals surface area contributed by atoms with Crippen molar-refractivity contribution in [2.24, 2.45) is 5.41 Å². The SMILES string of the molecule is Cc1ccc(C)c(CC(=O)N2CCC3(CCNCC3)CC2)c1.Cl. The Bertz CT molecular complexity index is 542. The summed E-state index contributed by atoms with van der Waals surface area (Å²) < 4.78 is 0. The second kappa shape index (κ2) is 7.67. The Labute approximate surface area is 146 Å². The molecule has 0 bridgehead atoms. The zero-order valence-electron chi connectivity index (χ0n) is 14.4. The first-order chi connectivity index (χ1) is 10.6. The predicted molar refractivity (Wildman–Crippen MR) is 97.2 cm³/mol.